The Bertz CT molecular complexity index is 775. The average molecular weight is 369 g/mol. The first kappa shape index (κ1) is 17.6. The number of hydrogen-bond acceptors (Lipinski definition) is 4. The Labute approximate surface area is 159 Å². The van der Waals surface area contributed by atoms with Crippen LogP contribution in [0.25, 0.3) is 0 Å². The lowest BCUT2D eigenvalue weighted by molar-refractivity contribution is -0.136. The van der Waals surface area contributed by atoms with E-state index in [0.29, 0.717) is 13.0 Å². The Hall–Kier alpha value is -1.85. The van der Waals surface area contributed by atoms with Crippen molar-refractivity contribution in [1.82, 2.24) is 9.88 Å². The van der Waals surface area contributed by atoms with Gasteiger partial charge in [-0.3, -0.25) is 9.78 Å². The molecule has 0 saturated carbocycles. The van der Waals surface area contributed by atoms with E-state index >= 15 is 0 Å². The summed E-state index contributed by atoms with van der Waals surface area (Å²) in [4.78, 5) is 18.6. The van der Waals surface area contributed by atoms with Crippen LogP contribution in [0.2, 0.25) is 0 Å². The van der Waals surface area contributed by atoms with Gasteiger partial charge in [0.15, 0.2) is 0 Å². The van der Waals surface area contributed by atoms with Gasteiger partial charge in [-0.1, -0.05) is 24.3 Å². The number of nitrogens with zero attached hydrogens (tertiary/aromatic N) is 2. The van der Waals surface area contributed by atoms with Crippen molar-refractivity contribution < 1.29 is 9.53 Å². The molecule has 26 heavy (non-hydrogen) atoms. The van der Waals surface area contributed by atoms with Crippen LogP contribution >= 0.6 is 11.8 Å². The minimum atomic E-state index is 0.213. The molecule has 0 N–H and O–H groups in total. The van der Waals surface area contributed by atoms with Gasteiger partial charge in [0.05, 0.1) is 23.9 Å². The van der Waals surface area contributed by atoms with Crippen LogP contribution in [0.1, 0.15) is 23.1 Å². The topological polar surface area (TPSA) is 42.4 Å². The molecule has 2 fully saturated rings. The monoisotopic (exact) mass is 368 g/mol. The van der Waals surface area contributed by atoms with E-state index in [2.05, 4.69) is 24.0 Å². The highest BCUT2D eigenvalue weighted by molar-refractivity contribution is 8.01. The molecule has 2 aromatic rings. The summed E-state index contributed by atoms with van der Waals surface area (Å²) in [5.41, 5.74) is 3.49. The number of amides is 1. The van der Waals surface area contributed by atoms with Crippen molar-refractivity contribution in [2.45, 2.75) is 37.2 Å². The van der Waals surface area contributed by atoms with Gasteiger partial charge < -0.3 is 9.64 Å². The summed E-state index contributed by atoms with van der Waals surface area (Å²) in [5.74, 6) is 1.26. The molecule has 1 atom stereocenters. The summed E-state index contributed by atoms with van der Waals surface area (Å²) in [6.07, 6.45) is 5.43. The summed E-state index contributed by atoms with van der Waals surface area (Å²) >= 11 is 1.97. The van der Waals surface area contributed by atoms with Crippen molar-refractivity contribution in [3.8, 4) is 0 Å². The van der Waals surface area contributed by atoms with Crippen LogP contribution in [0, 0.1) is 6.92 Å². The number of aromatic nitrogens is 1. The summed E-state index contributed by atoms with van der Waals surface area (Å²) in [6.45, 7) is 4.42. The third-order valence-corrected chi connectivity index (χ3v) is 6.90. The second-order valence-electron chi connectivity index (χ2n) is 7.34. The van der Waals surface area contributed by atoms with E-state index in [-0.39, 0.29) is 16.8 Å². The van der Waals surface area contributed by atoms with Crippen LogP contribution in [0.5, 0.6) is 0 Å². The molecule has 3 heterocycles. The molecule has 0 radical (unpaired) electrons. The van der Waals surface area contributed by atoms with Gasteiger partial charge in [0.1, 0.15) is 0 Å². The van der Waals surface area contributed by atoms with E-state index < -0.39 is 0 Å². The van der Waals surface area contributed by atoms with Gasteiger partial charge in [0.25, 0.3) is 0 Å². The van der Waals surface area contributed by atoms with Crippen molar-refractivity contribution in [3.05, 3.63) is 65.5 Å². The minimum absolute atomic E-state index is 0.213. The summed E-state index contributed by atoms with van der Waals surface area (Å²) in [5, 5.41) is 0. The van der Waals surface area contributed by atoms with E-state index in [1.54, 1.807) is 12.4 Å². The van der Waals surface area contributed by atoms with Crippen molar-refractivity contribution >= 4 is 17.7 Å². The summed E-state index contributed by atoms with van der Waals surface area (Å²) in [7, 11) is 0. The fourth-order valence-electron chi connectivity index (χ4n) is 3.73. The SMILES string of the molecule is Cc1ccccc1CC(=O)N1CC2(C[C@H](OCc3ccncc3)CS2)C1. The number of rotatable bonds is 5. The number of carbonyl (C=O) groups is 1. The highest BCUT2D eigenvalue weighted by Gasteiger charge is 2.50. The normalized spacial score (nSPS) is 21.0. The Morgan fingerprint density at radius 3 is 2.81 bits per heavy atom. The van der Waals surface area contributed by atoms with Crippen LogP contribution in [-0.4, -0.2) is 45.5 Å². The van der Waals surface area contributed by atoms with Crippen molar-refractivity contribution in [3.63, 3.8) is 0 Å². The van der Waals surface area contributed by atoms with E-state index in [1.165, 1.54) is 5.56 Å². The van der Waals surface area contributed by atoms with Crippen LogP contribution in [0.4, 0.5) is 0 Å². The number of benzene rings is 1. The van der Waals surface area contributed by atoms with Gasteiger partial charge in [-0.05, 0) is 42.2 Å². The molecule has 0 bridgehead atoms. The number of ether oxygens (including phenoxy) is 1. The fraction of sp³-hybridized carbons (Fsp3) is 0.429. The zero-order valence-corrected chi connectivity index (χ0v) is 15.9. The molecule has 5 heteroatoms. The second-order valence-corrected chi connectivity index (χ2v) is 8.83. The first-order chi connectivity index (χ1) is 12.6. The molecule has 1 spiro atoms. The molecule has 2 aliphatic heterocycles. The number of thioether (sulfide) groups is 1. The molecule has 2 aliphatic rings. The standard InChI is InChI=1S/C21H24N2O2S/c1-16-4-2-3-5-18(16)10-20(24)23-14-21(15-23)11-19(13-26-21)25-12-17-6-8-22-9-7-17/h2-9,19H,10-15H2,1H3/t19-/m0/s1. The maximum Gasteiger partial charge on any atom is 0.227 e. The number of hydrogen-bond donors (Lipinski definition) is 0. The van der Waals surface area contributed by atoms with E-state index in [4.69, 9.17) is 4.74 Å². The number of likely N-dealkylation sites (tertiary alicyclic amines) is 1. The molecule has 1 amide bonds. The van der Waals surface area contributed by atoms with Gasteiger partial charge in [0, 0.05) is 31.2 Å². The predicted molar refractivity (Wildman–Crippen MR) is 104 cm³/mol. The van der Waals surface area contributed by atoms with Gasteiger partial charge in [-0.2, -0.15) is 0 Å². The quantitative estimate of drug-likeness (QED) is 0.813. The first-order valence-corrected chi connectivity index (χ1v) is 10.1. The molecular formula is C21H24N2O2S. The molecule has 4 rings (SSSR count). The van der Waals surface area contributed by atoms with Gasteiger partial charge in [0.2, 0.25) is 5.91 Å². The lowest BCUT2D eigenvalue weighted by atomic mass is 9.92. The molecule has 136 valence electrons. The maximum absolute atomic E-state index is 12.6. The summed E-state index contributed by atoms with van der Waals surface area (Å²) < 4.78 is 6.29. The van der Waals surface area contributed by atoms with Crippen molar-refractivity contribution in [2.75, 3.05) is 18.8 Å². The highest BCUT2D eigenvalue weighted by Crippen LogP contribution is 2.46. The molecule has 1 aromatic carbocycles. The predicted octanol–water partition coefficient (Wildman–Crippen LogP) is 3.24. The lowest BCUT2D eigenvalue weighted by Crippen LogP contribution is -2.61. The zero-order chi connectivity index (χ0) is 18.0. The smallest absolute Gasteiger partial charge is 0.227 e. The molecule has 4 nitrogen and oxygen atoms in total. The Kier molecular flexibility index (Phi) is 5.00. The van der Waals surface area contributed by atoms with Crippen LogP contribution in [-0.2, 0) is 22.6 Å². The maximum atomic E-state index is 12.6. The number of pyridine rings is 1. The van der Waals surface area contributed by atoms with E-state index in [9.17, 15) is 4.79 Å². The number of carbonyl (C=O) groups excluding carboxylic acids is 1. The van der Waals surface area contributed by atoms with Crippen LogP contribution in [0.15, 0.2) is 48.8 Å². The molecule has 2 saturated heterocycles. The molecule has 0 unspecified atom stereocenters. The second kappa shape index (κ2) is 7.41. The first-order valence-electron chi connectivity index (χ1n) is 9.10. The molecule has 1 aromatic heterocycles. The van der Waals surface area contributed by atoms with Crippen LogP contribution < -0.4 is 0 Å². The van der Waals surface area contributed by atoms with Gasteiger partial charge >= 0.3 is 0 Å². The minimum Gasteiger partial charge on any atom is -0.373 e. The Morgan fingerprint density at radius 2 is 2.04 bits per heavy atom. The molecular weight excluding hydrogens is 344 g/mol. The van der Waals surface area contributed by atoms with E-state index in [0.717, 1.165) is 36.4 Å². The van der Waals surface area contributed by atoms with Crippen molar-refractivity contribution in [2.24, 2.45) is 0 Å². The molecule has 0 aliphatic carbocycles. The Balaban J connectivity index is 1.25. The van der Waals surface area contributed by atoms with Crippen LogP contribution in [0.3, 0.4) is 0 Å². The van der Waals surface area contributed by atoms with Gasteiger partial charge in [-0.15, -0.1) is 11.8 Å². The lowest BCUT2D eigenvalue weighted by Gasteiger charge is -2.47. The van der Waals surface area contributed by atoms with E-state index in [1.807, 2.05) is 40.9 Å². The summed E-state index contributed by atoms with van der Waals surface area (Å²) in [6, 6.07) is 12.1. The zero-order valence-electron chi connectivity index (χ0n) is 15.1. The fourth-order valence-corrected chi connectivity index (χ4v) is 5.28. The third-order valence-electron chi connectivity index (χ3n) is 5.32. The Morgan fingerprint density at radius 1 is 1.27 bits per heavy atom. The third kappa shape index (κ3) is 3.79. The number of aryl methyl sites for hydroxylation is 1. The average Bonchev–Trinajstić information content (AvgIpc) is 3.06. The largest absolute Gasteiger partial charge is 0.373 e. The van der Waals surface area contributed by atoms with Crippen molar-refractivity contribution in [1.29, 1.82) is 0 Å². The van der Waals surface area contributed by atoms with Gasteiger partial charge in [-0.25, -0.2) is 0 Å². The highest BCUT2D eigenvalue weighted by atomic mass is 32.2.